The van der Waals surface area contributed by atoms with E-state index in [0.29, 0.717) is 6.54 Å². The van der Waals surface area contributed by atoms with Crippen LogP contribution in [0.2, 0.25) is 0 Å². The van der Waals surface area contributed by atoms with Gasteiger partial charge in [-0.1, -0.05) is 29.8 Å². The molecule has 1 aliphatic rings. The van der Waals surface area contributed by atoms with Crippen molar-refractivity contribution in [3.8, 4) is 0 Å². The number of hydrogen-bond donors (Lipinski definition) is 1. The standard InChI is InChI=1S/C22H25N3O3S/c1-15-8-10-17(11-9-15)25-13-16(12-21(25)27)22(28)24(2)14-20(26)23-18-6-4-5-7-19(18)29-3/h4-11,16H,12-14H2,1-3H3,(H,23,26)/t16-/m0/s1. The first-order valence-corrected chi connectivity index (χ1v) is 10.7. The van der Waals surface area contributed by atoms with Crippen molar-refractivity contribution in [1.29, 1.82) is 0 Å². The number of rotatable bonds is 6. The number of carbonyl (C=O) groups is 3. The van der Waals surface area contributed by atoms with Crippen molar-refractivity contribution in [3.05, 3.63) is 54.1 Å². The normalized spacial score (nSPS) is 16.0. The average Bonchev–Trinajstić information content (AvgIpc) is 3.09. The highest BCUT2D eigenvalue weighted by Crippen LogP contribution is 2.27. The lowest BCUT2D eigenvalue weighted by Crippen LogP contribution is -2.39. The molecule has 0 radical (unpaired) electrons. The van der Waals surface area contributed by atoms with Crippen molar-refractivity contribution < 1.29 is 14.4 Å². The van der Waals surface area contributed by atoms with Gasteiger partial charge >= 0.3 is 0 Å². The number of amides is 3. The molecule has 2 aromatic carbocycles. The van der Waals surface area contributed by atoms with Gasteiger partial charge in [-0.15, -0.1) is 11.8 Å². The number of para-hydroxylation sites is 1. The predicted octanol–water partition coefficient (Wildman–Crippen LogP) is 3.17. The van der Waals surface area contributed by atoms with Crippen molar-refractivity contribution in [1.82, 2.24) is 4.90 Å². The summed E-state index contributed by atoms with van der Waals surface area (Å²) in [5, 5.41) is 2.86. The molecule has 0 bridgehead atoms. The second kappa shape index (κ2) is 9.13. The Labute approximate surface area is 175 Å². The monoisotopic (exact) mass is 411 g/mol. The topological polar surface area (TPSA) is 69.7 Å². The summed E-state index contributed by atoms with van der Waals surface area (Å²) in [5.74, 6) is -0.970. The second-order valence-electron chi connectivity index (χ2n) is 7.18. The van der Waals surface area contributed by atoms with Gasteiger partial charge in [0.05, 0.1) is 18.2 Å². The third-order valence-corrected chi connectivity index (χ3v) is 5.75. The fourth-order valence-corrected chi connectivity index (χ4v) is 3.94. The van der Waals surface area contributed by atoms with E-state index in [1.807, 2.05) is 61.7 Å². The minimum atomic E-state index is -0.444. The summed E-state index contributed by atoms with van der Waals surface area (Å²) in [6.45, 7) is 2.26. The number of nitrogens with zero attached hydrogens (tertiary/aromatic N) is 2. The van der Waals surface area contributed by atoms with Gasteiger partial charge in [0.2, 0.25) is 17.7 Å². The van der Waals surface area contributed by atoms with E-state index in [1.54, 1.807) is 23.7 Å². The molecule has 3 rings (SSSR count). The smallest absolute Gasteiger partial charge is 0.244 e. The Kier molecular flexibility index (Phi) is 6.59. The van der Waals surface area contributed by atoms with Crippen LogP contribution in [0.1, 0.15) is 12.0 Å². The summed E-state index contributed by atoms with van der Waals surface area (Å²) in [6, 6.07) is 15.2. The maximum atomic E-state index is 12.8. The molecule has 0 aliphatic carbocycles. The molecule has 29 heavy (non-hydrogen) atoms. The maximum absolute atomic E-state index is 12.8. The van der Waals surface area contributed by atoms with E-state index in [4.69, 9.17) is 0 Å². The number of nitrogens with one attached hydrogen (secondary N) is 1. The summed E-state index contributed by atoms with van der Waals surface area (Å²) in [5.41, 5.74) is 2.64. The van der Waals surface area contributed by atoms with E-state index >= 15 is 0 Å². The van der Waals surface area contributed by atoms with E-state index in [9.17, 15) is 14.4 Å². The number of likely N-dealkylation sites (N-methyl/N-ethyl adjacent to an activating group) is 1. The number of hydrogen-bond acceptors (Lipinski definition) is 4. The summed E-state index contributed by atoms with van der Waals surface area (Å²) in [4.78, 5) is 41.6. The van der Waals surface area contributed by atoms with Gasteiger partial charge in [0, 0.05) is 30.6 Å². The van der Waals surface area contributed by atoms with Crippen LogP contribution in [0.25, 0.3) is 0 Å². The minimum absolute atomic E-state index is 0.0588. The predicted molar refractivity (Wildman–Crippen MR) is 116 cm³/mol. The zero-order chi connectivity index (χ0) is 21.0. The molecular formula is C22H25N3O3S. The number of anilines is 2. The Morgan fingerprint density at radius 2 is 1.86 bits per heavy atom. The van der Waals surface area contributed by atoms with Crippen LogP contribution in [0.4, 0.5) is 11.4 Å². The quantitative estimate of drug-likeness (QED) is 0.742. The van der Waals surface area contributed by atoms with E-state index in [2.05, 4.69) is 5.32 Å². The molecule has 1 aliphatic heterocycles. The lowest BCUT2D eigenvalue weighted by molar-refractivity contribution is -0.137. The van der Waals surface area contributed by atoms with E-state index in [-0.39, 0.29) is 30.7 Å². The van der Waals surface area contributed by atoms with Gasteiger partial charge in [-0.3, -0.25) is 14.4 Å². The van der Waals surface area contributed by atoms with Crippen molar-refractivity contribution in [3.63, 3.8) is 0 Å². The zero-order valence-electron chi connectivity index (χ0n) is 16.8. The highest BCUT2D eigenvalue weighted by molar-refractivity contribution is 7.98. The largest absolute Gasteiger partial charge is 0.336 e. The highest BCUT2D eigenvalue weighted by Gasteiger charge is 2.36. The Hall–Kier alpha value is -2.80. The molecule has 0 saturated carbocycles. The first-order chi connectivity index (χ1) is 13.9. The molecule has 1 N–H and O–H groups in total. The van der Waals surface area contributed by atoms with Gasteiger partial charge in [-0.05, 0) is 37.4 Å². The van der Waals surface area contributed by atoms with Crippen LogP contribution in [-0.2, 0) is 14.4 Å². The maximum Gasteiger partial charge on any atom is 0.244 e. The lowest BCUT2D eigenvalue weighted by Gasteiger charge is -2.21. The fraction of sp³-hybridized carbons (Fsp3) is 0.318. The number of aryl methyl sites for hydroxylation is 1. The van der Waals surface area contributed by atoms with Crippen LogP contribution >= 0.6 is 11.8 Å². The summed E-state index contributed by atoms with van der Waals surface area (Å²) >= 11 is 1.54. The number of carbonyl (C=O) groups excluding carboxylic acids is 3. The van der Waals surface area contributed by atoms with Crippen LogP contribution in [0.5, 0.6) is 0 Å². The summed E-state index contributed by atoms with van der Waals surface area (Å²) in [7, 11) is 1.60. The van der Waals surface area contributed by atoms with Gasteiger partial charge in [0.15, 0.2) is 0 Å². The van der Waals surface area contributed by atoms with Crippen molar-refractivity contribution >= 4 is 40.9 Å². The second-order valence-corrected chi connectivity index (χ2v) is 8.03. The Morgan fingerprint density at radius 1 is 1.17 bits per heavy atom. The lowest BCUT2D eigenvalue weighted by atomic mass is 10.1. The molecule has 1 atom stereocenters. The number of benzene rings is 2. The van der Waals surface area contributed by atoms with E-state index in [0.717, 1.165) is 21.8 Å². The number of thioether (sulfide) groups is 1. The van der Waals surface area contributed by atoms with E-state index in [1.165, 1.54) is 4.90 Å². The van der Waals surface area contributed by atoms with Gasteiger partial charge in [0.25, 0.3) is 0 Å². The summed E-state index contributed by atoms with van der Waals surface area (Å²) in [6.07, 6.45) is 2.10. The first-order valence-electron chi connectivity index (χ1n) is 9.44. The van der Waals surface area contributed by atoms with Gasteiger partial charge in [-0.2, -0.15) is 0 Å². The van der Waals surface area contributed by atoms with Gasteiger partial charge < -0.3 is 15.1 Å². The molecule has 3 amide bonds. The Balaban J connectivity index is 1.59. The summed E-state index contributed by atoms with van der Waals surface area (Å²) < 4.78 is 0. The molecule has 1 saturated heterocycles. The average molecular weight is 412 g/mol. The fourth-order valence-electron chi connectivity index (χ4n) is 3.39. The molecule has 0 spiro atoms. The third kappa shape index (κ3) is 4.98. The van der Waals surface area contributed by atoms with Crippen molar-refractivity contribution in [2.75, 3.05) is 36.6 Å². The molecule has 2 aromatic rings. The van der Waals surface area contributed by atoms with Crippen LogP contribution in [-0.4, -0.2) is 49.0 Å². The zero-order valence-corrected chi connectivity index (χ0v) is 17.7. The third-order valence-electron chi connectivity index (χ3n) is 4.96. The molecule has 1 fully saturated rings. The first kappa shape index (κ1) is 20.9. The van der Waals surface area contributed by atoms with Crippen molar-refractivity contribution in [2.24, 2.45) is 5.92 Å². The van der Waals surface area contributed by atoms with E-state index < -0.39 is 5.92 Å². The molecule has 0 unspecified atom stereocenters. The van der Waals surface area contributed by atoms with Crippen LogP contribution < -0.4 is 10.2 Å². The molecule has 152 valence electrons. The Bertz CT molecular complexity index is 914. The minimum Gasteiger partial charge on any atom is -0.336 e. The molecule has 1 heterocycles. The SMILES string of the molecule is CSc1ccccc1NC(=O)CN(C)C(=O)[C@H]1CC(=O)N(c2ccc(C)cc2)C1. The molecular weight excluding hydrogens is 386 g/mol. The highest BCUT2D eigenvalue weighted by atomic mass is 32.2. The van der Waals surface area contributed by atoms with Gasteiger partial charge in [0.1, 0.15) is 0 Å². The van der Waals surface area contributed by atoms with Crippen LogP contribution in [0, 0.1) is 12.8 Å². The van der Waals surface area contributed by atoms with Crippen LogP contribution in [0.3, 0.4) is 0 Å². The molecule has 0 aromatic heterocycles. The van der Waals surface area contributed by atoms with Crippen LogP contribution in [0.15, 0.2) is 53.4 Å². The van der Waals surface area contributed by atoms with Crippen molar-refractivity contribution in [2.45, 2.75) is 18.2 Å². The molecule has 7 heteroatoms. The van der Waals surface area contributed by atoms with Gasteiger partial charge in [-0.25, -0.2) is 0 Å². The molecule has 6 nitrogen and oxygen atoms in total. The Morgan fingerprint density at radius 3 is 2.55 bits per heavy atom.